The van der Waals surface area contributed by atoms with Gasteiger partial charge in [0.2, 0.25) is 0 Å². The molecule has 27 heavy (non-hydrogen) atoms. The summed E-state index contributed by atoms with van der Waals surface area (Å²) in [4.78, 5) is 24.4. The van der Waals surface area contributed by atoms with Crippen molar-refractivity contribution in [3.05, 3.63) is 63.3 Å². The summed E-state index contributed by atoms with van der Waals surface area (Å²) in [5.41, 5.74) is 2.46. The molecule has 0 aliphatic rings. The van der Waals surface area contributed by atoms with Crippen LogP contribution >= 0.6 is 15.9 Å². The van der Waals surface area contributed by atoms with E-state index in [9.17, 15) is 9.59 Å². The fourth-order valence-electron chi connectivity index (χ4n) is 2.81. The lowest BCUT2D eigenvalue weighted by atomic mass is 10.1. The molecule has 3 aromatic rings. The monoisotopic (exact) mass is 431 g/mol. The fraction of sp³-hybridized carbons (Fsp3) is 0.200. The number of hydrogen-bond acceptors (Lipinski definition) is 5. The van der Waals surface area contributed by atoms with Crippen molar-refractivity contribution in [2.45, 2.75) is 13.5 Å². The highest BCUT2D eigenvalue weighted by Gasteiger charge is 2.18. The lowest BCUT2D eigenvalue weighted by Crippen LogP contribution is -2.23. The Morgan fingerprint density at radius 3 is 2.63 bits per heavy atom. The van der Waals surface area contributed by atoms with Gasteiger partial charge in [-0.15, -0.1) is 0 Å². The normalized spacial score (nSPS) is 10.7. The first-order valence-electron chi connectivity index (χ1n) is 8.16. The molecular formula is C20H18BrNO5. The fourth-order valence-corrected chi connectivity index (χ4v) is 3.17. The number of rotatable bonds is 5. The van der Waals surface area contributed by atoms with E-state index in [-0.39, 0.29) is 18.2 Å². The van der Waals surface area contributed by atoms with Crippen molar-refractivity contribution in [3.8, 4) is 5.75 Å². The molecule has 0 saturated heterocycles. The number of carbonyl (C=O) groups excluding carboxylic acids is 2. The first-order chi connectivity index (χ1) is 12.9. The van der Waals surface area contributed by atoms with Crippen LogP contribution in [0.2, 0.25) is 0 Å². The lowest BCUT2D eigenvalue weighted by Gasteiger charge is -2.10. The summed E-state index contributed by atoms with van der Waals surface area (Å²) in [5, 5.41) is 3.70. The number of methoxy groups -OCH3 is 2. The molecule has 0 radical (unpaired) electrons. The van der Waals surface area contributed by atoms with E-state index in [1.165, 1.54) is 14.2 Å². The van der Waals surface area contributed by atoms with Gasteiger partial charge in [-0.05, 0) is 42.8 Å². The molecule has 140 valence electrons. The van der Waals surface area contributed by atoms with Gasteiger partial charge in [0.1, 0.15) is 16.9 Å². The number of carbonyl (C=O) groups is 2. The number of ether oxygens (including phenoxy) is 2. The Hall–Kier alpha value is -2.80. The van der Waals surface area contributed by atoms with Crippen LogP contribution in [0.5, 0.6) is 5.75 Å². The molecular weight excluding hydrogens is 414 g/mol. The summed E-state index contributed by atoms with van der Waals surface area (Å²) in [6.07, 6.45) is 0. The number of halogens is 1. The largest absolute Gasteiger partial charge is 0.496 e. The lowest BCUT2D eigenvalue weighted by molar-refractivity contribution is 0.0597. The maximum absolute atomic E-state index is 12.6. The topological polar surface area (TPSA) is 77.8 Å². The molecule has 0 saturated carbocycles. The summed E-state index contributed by atoms with van der Waals surface area (Å²) in [5.74, 6) is -0.144. The molecule has 0 aliphatic heterocycles. The number of nitrogens with one attached hydrogen (secondary N) is 1. The van der Waals surface area contributed by atoms with E-state index < -0.39 is 5.97 Å². The van der Waals surface area contributed by atoms with E-state index >= 15 is 0 Å². The van der Waals surface area contributed by atoms with E-state index in [2.05, 4.69) is 21.2 Å². The van der Waals surface area contributed by atoms with Crippen LogP contribution in [0.1, 0.15) is 32.0 Å². The van der Waals surface area contributed by atoms with Gasteiger partial charge in [-0.25, -0.2) is 4.79 Å². The van der Waals surface area contributed by atoms with Crippen LogP contribution in [0, 0.1) is 6.92 Å². The highest BCUT2D eigenvalue weighted by atomic mass is 79.9. The molecule has 0 bridgehead atoms. The molecule has 0 spiro atoms. The summed E-state index contributed by atoms with van der Waals surface area (Å²) in [7, 11) is 2.78. The first-order valence-corrected chi connectivity index (χ1v) is 8.96. The number of amides is 1. The van der Waals surface area contributed by atoms with Crippen molar-refractivity contribution in [3.63, 3.8) is 0 Å². The zero-order valence-electron chi connectivity index (χ0n) is 15.1. The van der Waals surface area contributed by atoms with E-state index in [1.54, 1.807) is 18.2 Å². The summed E-state index contributed by atoms with van der Waals surface area (Å²) in [6.45, 7) is 2.07. The van der Waals surface area contributed by atoms with E-state index in [0.717, 1.165) is 21.0 Å². The molecule has 1 amide bonds. The maximum Gasteiger partial charge on any atom is 0.341 e. The van der Waals surface area contributed by atoms with Crippen LogP contribution < -0.4 is 10.1 Å². The number of benzene rings is 2. The number of esters is 1. The number of aryl methyl sites for hydroxylation is 1. The van der Waals surface area contributed by atoms with Crippen LogP contribution in [-0.2, 0) is 11.3 Å². The van der Waals surface area contributed by atoms with Gasteiger partial charge >= 0.3 is 5.97 Å². The predicted octanol–water partition coefficient (Wildman–Crippen LogP) is 4.23. The number of hydrogen-bond donors (Lipinski definition) is 1. The van der Waals surface area contributed by atoms with Gasteiger partial charge in [0, 0.05) is 22.0 Å². The zero-order valence-corrected chi connectivity index (χ0v) is 16.7. The zero-order chi connectivity index (χ0) is 19.6. The van der Waals surface area contributed by atoms with Gasteiger partial charge in [-0.3, -0.25) is 4.79 Å². The minimum atomic E-state index is -0.501. The minimum absolute atomic E-state index is 0.229. The van der Waals surface area contributed by atoms with Crippen LogP contribution in [0.4, 0.5) is 0 Å². The predicted molar refractivity (Wildman–Crippen MR) is 104 cm³/mol. The molecule has 1 N–H and O–H groups in total. The third kappa shape index (κ3) is 3.83. The van der Waals surface area contributed by atoms with Crippen LogP contribution in [-0.4, -0.2) is 26.1 Å². The van der Waals surface area contributed by atoms with Crippen LogP contribution in [0.3, 0.4) is 0 Å². The van der Waals surface area contributed by atoms with Crippen molar-refractivity contribution < 1.29 is 23.5 Å². The smallest absolute Gasteiger partial charge is 0.341 e. The van der Waals surface area contributed by atoms with Crippen molar-refractivity contribution in [2.24, 2.45) is 0 Å². The Morgan fingerprint density at radius 2 is 1.93 bits per heavy atom. The van der Waals surface area contributed by atoms with Crippen molar-refractivity contribution in [1.29, 1.82) is 0 Å². The molecule has 1 aromatic heterocycles. The van der Waals surface area contributed by atoms with Gasteiger partial charge < -0.3 is 19.2 Å². The second kappa shape index (κ2) is 7.84. The van der Waals surface area contributed by atoms with Crippen molar-refractivity contribution in [1.82, 2.24) is 5.32 Å². The third-order valence-electron chi connectivity index (χ3n) is 4.23. The van der Waals surface area contributed by atoms with Crippen molar-refractivity contribution in [2.75, 3.05) is 14.2 Å². The summed E-state index contributed by atoms with van der Waals surface area (Å²) >= 11 is 3.42. The molecule has 7 heteroatoms. The van der Waals surface area contributed by atoms with E-state index in [0.29, 0.717) is 16.9 Å². The molecule has 3 rings (SSSR count). The van der Waals surface area contributed by atoms with Gasteiger partial charge in [0.25, 0.3) is 5.91 Å². The maximum atomic E-state index is 12.6. The molecule has 1 heterocycles. The molecule has 0 aliphatic carbocycles. The number of fused-ring (bicyclic) bond motifs is 1. The van der Waals surface area contributed by atoms with Crippen molar-refractivity contribution >= 4 is 38.8 Å². The van der Waals surface area contributed by atoms with Gasteiger partial charge in [-0.2, -0.15) is 0 Å². The molecule has 0 fully saturated rings. The van der Waals surface area contributed by atoms with Crippen LogP contribution in [0.25, 0.3) is 11.0 Å². The Labute approximate surface area is 164 Å². The quantitative estimate of drug-likeness (QED) is 0.611. The Kier molecular flexibility index (Phi) is 5.51. The SMILES string of the molecule is COC(=O)c1cc(CNC(=O)c2oc3ccc(Br)cc3c2C)ccc1OC. The van der Waals surface area contributed by atoms with E-state index in [4.69, 9.17) is 13.9 Å². The molecule has 6 nitrogen and oxygen atoms in total. The number of furan rings is 1. The summed E-state index contributed by atoms with van der Waals surface area (Å²) in [6, 6.07) is 10.7. The summed E-state index contributed by atoms with van der Waals surface area (Å²) < 4.78 is 16.5. The molecule has 0 unspecified atom stereocenters. The molecule has 0 atom stereocenters. The Morgan fingerprint density at radius 1 is 1.15 bits per heavy atom. The first kappa shape index (κ1) is 19.0. The van der Waals surface area contributed by atoms with Gasteiger partial charge in [0.15, 0.2) is 5.76 Å². The Balaban J connectivity index is 1.80. The average Bonchev–Trinajstić information content (AvgIpc) is 3.01. The van der Waals surface area contributed by atoms with Gasteiger partial charge in [0.05, 0.1) is 14.2 Å². The second-order valence-electron chi connectivity index (χ2n) is 5.91. The second-order valence-corrected chi connectivity index (χ2v) is 6.82. The highest BCUT2D eigenvalue weighted by molar-refractivity contribution is 9.10. The van der Waals surface area contributed by atoms with Gasteiger partial charge in [-0.1, -0.05) is 22.0 Å². The highest BCUT2D eigenvalue weighted by Crippen LogP contribution is 2.28. The standard InChI is InChI=1S/C20H18BrNO5/c1-11-14-9-13(21)5-7-17(14)27-18(11)19(23)22-10-12-4-6-16(25-2)15(8-12)20(24)26-3/h4-9H,10H2,1-3H3,(H,22,23). The molecule has 2 aromatic carbocycles. The van der Waals surface area contributed by atoms with Crippen LogP contribution in [0.15, 0.2) is 45.3 Å². The van der Waals surface area contributed by atoms with E-state index in [1.807, 2.05) is 25.1 Å². The third-order valence-corrected chi connectivity index (χ3v) is 4.72. The minimum Gasteiger partial charge on any atom is -0.496 e. The average molecular weight is 432 g/mol. The Bertz CT molecular complexity index is 1020.